The van der Waals surface area contributed by atoms with Crippen LogP contribution in [0.2, 0.25) is 0 Å². The molecule has 17 heavy (non-hydrogen) atoms. The van der Waals surface area contributed by atoms with E-state index in [1.165, 1.54) is 11.1 Å². The Kier molecular flexibility index (Phi) is 5.07. The Bertz CT molecular complexity index is 389. The molecule has 1 rings (SSSR count). The summed E-state index contributed by atoms with van der Waals surface area (Å²) in [4.78, 5) is 0. The van der Waals surface area contributed by atoms with Crippen LogP contribution in [0.5, 0.6) is 0 Å². The molecule has 0 aliphatic carbocycles. The normalized spacial score (nSPS) is 15.7. The van der Waals surface area contributed by atoms with Crippen LogP contribution in [0, 0.1) is 6.92 Å². The van der Waals surface area contributed by atoms with Gasteiger partial charge in [0.2, 0.25) is 0 Å². The maximum absolute atomic E-state index is 12.0. The molecule has 4 heteroatoms. The van der Waals surface area contributed by atoms with Gasteiger partial charge < -0.3 is 4.55 Å². The van der Waals surface area contributed by atoms with E-state index in [0.29, 0.717) is 0 Å². The Hall–Kier alpha value is -0.0300. The predicted octanol–water partition coefficient (Wildman–Crippen LogP) is 3.87. The van der Waals surface area contributed by atoms with Crippen molar-refractivity contribution in [3.05, 3.63) is 33.8 Å². The van der Waals surface area contributed by atoms with E-state index < -0.39 is 11.4 Å². The van der Waals surface area contributed by atoms with Crippen molar-refractivity contribution in [1.29, 1.82) is 0 Å². The molecule has 2 nitrogen and oxygen atoms in total. The van der Waals surface area contributed by atoms with Gasteiger partial charge in [-0.3, -0.25) is 0 Å². The van der Waals surface area contributed by atoms with Gasteiger partial charge in [-0.05, 0) is 51.8 Å². The molecule has 0 saturated heterocycles. The van der Waals surface area contributed by atoms with Crippen LogP contribution in [0.3, 0.4) is 0 Å². The second-order valence-corrected chi connectivity index (χ2v) is 8.03. The van der Waals surface area contributed by atoms with Crippen LogP contribution in [0.1, 0.15) is 44.9 Å². The first-order chi connectivity index (χ1) is 7.73. The van der Waals surface area contributed by atoms with Gasteiger partial charge >= 0.3 is 0 Å². The highest BCUT2D eigenvalue weighted by atomic mass is 79.9. The monoisotopic (exact) mass is 317 g/mol. The molecule has 1 aromatic rings. The average molecular weight is 318 g/mol. The molecule has 1 aromatic carbocycles. The van der Waals surface area contributed by atoms with Gasteiger partial charge in [0.15, 0.2) is 0 Å². The number of halogens is 1. The van der Waals surface area contributed by atoms with Gasteiger partial charge in [-0.1, -0.05) is 28.1 Å². The van der Waals surface area contributed by atoms with Crippen LogP contribution < -0.4 is 4.72 Å². The summed E-state index contributed by atoms with van der Waals surface area (Å²) in [6.45, 7) is 10.0. The van der Waals surface area contributed by atoms with Gasteiger partial charge in [0.25, 0.3) is 0 Å². The van der Waals surface area contributed by atoms with Crippen molar-refractivity contribution >= 4 is 27.3 Å². The first-order valence-electron chi connectivity index (χ1n) is 5.66. The number of nitrogens with one attached hydrogen (secondary N) is 1. The number of benzene rings is 1. The molecule has 0 fully saturated rings. The summed E-state index contributed by atoms with van der Waals surface area (Å²) in [7, 11) is 0. The maximum atomic E-state index is 12.0. The molecule has 0 heterocycles. The lowest BCUT2D eigenvalue weighted by Crippen LogP contribution is -2.40. The Balaban J connectivity index is 2.84. The van der Waals surface area contributed by atoms with Gasteiger partial charge in [-0.2, -0.15) is 0 Å². The van der Waals surface area contributed by atoms with Crippen molar-refractivity contribution in [3.63, 3.8) is 0 Å². The fraction of sp³-hybridized carbons (Fsp3) is 0.538. The summed E-state index contributed by atoms with van der Waals surface area (Å²) >= 11 is 2.47. The highest BCUT2D eigenvalue weighted by Gasteiger charge is 2.28. The van der Waals surface area contributed by atoms with Gasteiger partial charge in [0.05, 0.1) is 6.04 Å². The van der Waals surface area contributed by atoms with Gasteiger partial charge in [-0.25, -0.2) is 0 Å². The van der Waals surface area contributed by atoms with E-state index in [0.717, 1.165) is 4.47 Å². The van der Waals surface area contributed by atoms with Crippen molar-refractivity contribution in [1.82, 2.24) is 4.72 Å². The van der Waals surface area contributed by atoms with E-state index >= 15 is 0 Å². The van der Waals surface area contributed by atoms with E-state index in [-0.39, 0.29) is 10.8 Å². The molecule has 2 atom stereocenters. The Morgan fingerprint density at radius 3 is 2.47 bits per heavy atom. The van der Waals surface area contributed by atoms with E-state index in [9.17, 15) is 4.55 Å². The van der Waals surface area contributed by atoms with Crippen molar-refractivity contribution in [2.45, 2.75) is 45.4 Å². The van der Waals surface area contributed by atoms with Crippen LogP contribution in [0.25, 0.3) is 0 Å². The largest absolute Gasteiger partial charge is 0.598 e. The highest BCUT2D eigenvalue weighted by Crippen LogP contribution is 2.26. The van der Waals surface area contributed by atoms with E-state index in [4.69, 9.17) is 0 Å². The minimum Gasteiger partial charge on any atom is -0.598 e. The predicted molar refractivity (Wildman–Crippen MR) is 78.3 cm³/mol. The fourth-order valence-corrected chi connectivity index (χ4v) is 2.68. The van der Waals surface area contributed by atoms with Crippen LogP contribution in [-0.2, 0) is 11.4 Å². The van der Waals surface area contributed by atoms with Crippen LogP contribution >= 0.6 is 15.9 Å². The molecule has 0 amide bonds. The SMILES string of the molecule is Cc1c(Br)cccc1[C@@H](C)N[S+]([O-])C(C)(C)C. The van der Waals surface area contributed by atoms with E-state index in [1.807, 2.05) is 39.8 Å². The van der Waals surface area contributed by atoms with Crippen molar-refractivity contribution in [2.24, 2.45) is 0 Å². The Morgan fingerprint density at radius 1 is 1.35 bits per heavy atom. The van der Waals surface area contributed by atoms with Crippen LogP contribution in [-0.4, -0.2) is 9.30 Å². The zero-order valence-corrected chi connectivity index (χ0v) is 13.4. The van der Waals surface area contributed by atoms with Gasteiger partial charge in [0.1, 0.15) is 4.75 Å². The summed E-state index contributed by atoms with van der Waals surface area (Å²) in [5, 5.41) is 0. The smallest absolute Gasteiger partial charge is 0.136 e. The summed E-state index contributed by atoms with van der Waals surface area (Å²) < 4.78 is 16.0. The Labute approximate surface area is 116 Å². The van der Waals surface area contributed by atoms with Crippen molar-refractivity contribution in [3.8, 4) is 0 Å². The Morgan fingerprint density at radius 2 is 1.94 bits per heavy atom. The summed E-state index contributed by atoms with van der Waals surface area (Å²) in [5.74, 6) is 0. The third-order valence-corrected chi connectivity index (χ3v) is 5.16. The molecule has 0 aliphatic rings. The lowest BCUT2D eigenvalue weighted by Gasteiger charge is -2.27. The number of hydrogen-bond donors (Lipinski definition) is 1. The molecule has 0 spiro atoms. The topological polar surface area (TPSA) is 35.1 Å². The third kappa shape index (κ3) is 3.98. The van der Waals surface area contributed by atoms with Crippen molar-refractivity contribution < 1.29 is 4.55 Å². The molecule has 0 radical (unpaired) electrons. The standard InChI is InChI=1S/C13H20BrNOS/c1-9-11(7-6-8-12(9)14)10(2)15-17(16)13(3,4)5/h6-8,10,15H,1-5H3/t10-,17?/m1/s1. The molecule has 1 N–H and O–H groups in total. The molecule has 0 bridgehead atoms. The lowest BCUT2D eigenvalue weighted by molar-refractivity contribution is 0.531. The summed E-state index contributed by atoms with van der Waals surface area (Å²) in [6.07, 6.45) is 0. The highest BCUT2D eigenvalue weighted by molar-refractivity contribution is 9.10. The maximum Gasteiger partial charge on any atom is 0.136 e. The second kappa shape index (κ2) is 5.74. The summed E-state index contributed by atoms with van der Waals surface area (Å²) in [5.41, 5.74) is 2.37. The van der Waals surface area contributed by atoms with Crippen molar-refractivity contribution in [2.75, 3.05) is 0 Å². The number of hydrogen-bond acceptors (Lipinski definition) is 2. The van der Waals surface area contributed by atoms with E-state index in [2.05, 4.69) is 33.6 Å². The first kappa shape index (κ1) is 15.0. The molecule has 1 unspecified atom stereocenters. The number of rotatable bonds is 3. The van der Waals surface area contributed by atoms with Gasteiger partial charge in [0, 0.05) is 15.8 Å². The quantitative estimate of drug-likeness (QED) is 0.859. The van der Waals surface area contributed by atoms with Crippen LogP contribution in [0.4, 0.5) is 0 Å². The lowest BCUT2D eigenvalue weighted by atomic mass is 10.0. The third-order valence-electron chi connectivity index (χ3n) is 2.62. The zero-order chi connectivity index (χ0) is 13.2. The minimum absolute atomic E-state index is 0.0764. The molecule has 96 valence electrons. The minimum atomic E-state index is -1.05. The summed E-state index contributed by atoms with van der Waals surface area (Å²) in [6, 6.07) is 6.17. The molecule has 0 aliphatic heterocycles. The average Bonchev–Trinajstić information content (AvgIpc) is 2.20. The van der Waals surface area contributed by atoms with E-state index in [1.54, 1.807) is 0 Å². The zero-order valence-electron chi connectivity index (χ0n) is 11.0. The second-order valence-electron chi connectivity index (χ2n) is 5.17. The van der Waals surface area contributed by atoms with Crippen LogP contribution in [0.15, 0.2) is 22.7 Å². The first-order valence-corrected chi connectivity index (χ1v) is 7.61. The fourth-order valence-electron chi connectivity index (χ4n) is 1.49. The molecular formula is C13H20BrNOS. The van der Waals surface area contributed by atoms with Gasteiger partial charge in [-0.15, -0.1) is 4.72 Å². The molecule has 0 saturated carbocycles. The molecule has 0 aromatic heterocycles. The molecular weight excluding hydrogens is 298 g/mol.